The van der Waals surface area contributed by atoms with Crippen LogP contribution in [0.2, 0.25) is 0 Å². The standard InChI is InChI=1S/C28H32N4O3/c1-16-23-7-8-24(35-23)17(2)28(16,34)19-5-6-22(32-26(33)25-30-15-20(14-29)31-25)21(13-19)18-9-11-27(3,4)12-10-18/h5-9,13,15-17,23-24,34H,10-12H2,1-4H3,(H,30,31)(H,32,33)/t16-,17+,23-,24?,28?/m0/s1. The maximum atomic E-state index is 12.9. The van der Waals surface area contributed by atoms with E-state index in [0.29, 0.717) is 5.69 Å². The van der Waals surface area contributed by atoms with Crippen molar-refractivity contribution in [3.05, 3.63) is 65.3 Å². The molecule has 1 aliphatic carbocycles. The quantitative estimate of drug-likeness (QED) is 0.547. The highest BCUT2D eigenvalue weighted by Crippen LogP contribution is 2.50. The first-order valence-electron chi connectivity index (χ1n) is 12.3. The van der Waals surface area contributed by atoms with Crippen LogP contribution < -0.4 is 5.32 Å². The lowest BCUT2D eigenvalue weighted by atomic mass is 9.68. The second kappa shape index (κ2) is 8.47. The largest absolute Gasteiger partial charge is 0.384 e. The van der Waals surface area contributed by atoms with Gasteiger partial charge >= 0.3 is 0 Å². The van der Waals surface area contributed by atoms with E-state index in [1.54, 1.807) is 0 Å². The van der Waals surface area contributed by atoms with Crippen molar-refractivity contribution in [2.45, 2.75) is 64.8 Å². The Morgan fingerprint density at radius 3 is 2.57 bits per heavy atom. The number of rotatable bonds is 4. The van der Waals surface area contributed by atoms with Crippen molar-refractivity contribution in [3.8, 4) is 6.07 Å². The van der Waals surface area contributed by atoms with Gasteiger partial charge in [0, 0.05) is 23.1 Å². The second-order valence-corrected chi connectivity index (χ2v) is 10.9. The summed E-state index contributed by atoms with van der Waals surface area (Å²) in [4.78, 5) is 19.7. The summed E-state index contributed by atoms with van der Waals surface area (Å²) in [6.07, 6.45) is 10.4. The zero-order chi connectivity index (χ0) is 25.0. The SMILES string of the molecule is C[C@@H]1C2C=C[C@H](O2)[C@H](C)C1(O)c1ccc(NC(=O)c2ncc(C#N)[nH]2)c(C2=CCC(C)(C)CC2)c1. The second-order valence-electron chi connectivity index (χ2n) is 10.9. The Labute approximate surface area is 205 Å². The number of ether oxygens (including phenoxy) is 1. The van der Waals surface area contributed by atoms with E-state index in [2.05, 4.69) is 47.4 Å². The minimum atomic E-state index is -1.06. The number of aliphatic hydroxyl groups is 1. The zero-order valence-electron chi connectivity index (χ0n) is 20.6. The molecule has 1 aromatic carbocycles. The molecule has 1 amide bonds. The molecule has 0 spiro atoms. The van der Waals surface area contributed by atoms with Crippen LogP contribution in [0.25, 0.3) is 5.57 Å². The third-order valence-corrected chi connectivity index (χ3v) is 8.14. The van der Waals surface area contributed by atoms with Crippen molar-refractivity contribution < 1.29 is 14.6 Å². The fourth-order valence-corrected chi connectivity index (χ4v) is 5.67. The highest BCUT2D eigenvalue weighted by Gasteiger charge is 2.53. The number of aromatic nitrogens is 2. The van der Waals surface area contributed by atoms with E-state index < -0.39 is 11.5 Å². The van der Waals surface area contributed by atoms with Gasteiger partial charge in [-0.15, -0.1) is 0 Å². The van der Waals surface area contributed by atoms with Gasteiger partial charge in [0.15, 0.2) is 5.82 Å². The number of hydrogen-bond donors (Lipinski definition) is 3. The summed E-state index contributed by atoms with van der Waals surface area (Å²) in [6.45, 7) is 8.60. The minimum absolute atomic E-state index is 0.0864. The third-order valence-electron chi connectivity index (χ3n) is 8.14. The maximum Gasteiger partial charge on any atom is 0.291 e. The van der Waals surface area contributed by atoms with E-state index in [4.69, 9.17) is 10.00 Å². The lowest BCUT2D eigenvalue weighted by Gasteiger charge is -2.47. The summed E-state index contributed by atoms with van der Waals surface area (Å²) in [7, 11) is 0. The van der Waals surface area contributed by atoms with Gasteiger partial charge in [0.05, 0.1) is 18.4 Å². The Morgan fingerprint density at radius 1 is 1.26 bits per heavy atom. The molecule has 0 radical (unpaired) electrons. The first-order valence-corrected chi connectivity index (χ1v) is 12.3. The molecule has 2 aliphatic heterocycles. The van der Waals surface area contributed by atoms with Gasteiger partial charge in [-0.2, -0.15) is 5.26 Å². The van der Waals surface area contributed by atoms with Crippen LogP contribution in [0.3, 0.4) is 0 Å². The molecular weight excluding hydrogens is 440 g/mol. The molecule has 7 heteroatoms. The lowest BCUT2D eigenvalue weighted by Crippen LogP contribution is -2.53. The Morgan fingerprint density at radius 2 is 1.97 bits per heavy atom. The van der Waals surface area contributed by atoms with E-state index in [-0.39, 0.29) is 41.0 Å². The number of benzene rings is 1. The van der Waals surface area contributed by atoms with E-state index in [9.17, 15) is 9.90 Å². The molecule has 3 aliphatic rings. The number of nitriles is 1. The highest BCUT2D eigenvalue weighted by atomic mass is 16.5. The van der Waals surface area contributed by atoms with Crippen molar-refractivity contribution in [2.24, 2.45) is 17.3 Å². The molecule has 5 atom stereocenters. The van der Waals surface area contributed by atoms with Crippen LogP contribution in [0.1, 0.15) is 74.4 Å². The minimum Gasteiger partial charge on any atom is -0.384 e. The van der Waals surface area contributed by atoms with Crippen molar-refractivity contribution in [1.82, 2.24) is 9.97 Å². The van der Waals surface area contributed by atoms with Gasteiger partial charge in [0.1, 0.15) is 17.4 Å². The molecule has 182 valence electrons. The monoisotopic (exact) mass is 472 g/mol. The molecule has 7 nitrogen and oxygen atoms in total. The van der Waals surface area contributed by atoms with E-state index in [1.807, 2.05) is 38.1 Å². The number of H-pyrrole nitrogens is 1. The number of imidazole rings is 1. The molecule has 2 unspecified atom stereocenters. The van der Waals surface area contributed by atoms with Gasteiger partial charge in [-0.05, 0) is 47.9 Å². The first-order chi connectivity index (χ1) is 16.6. The molecule has 1 fully saturated rings. The van der Waals surface area contributed by atoms with Crippen LogP contribution >= 0.6 is 0 Å². The Hall–Kier alpha value is -3.21. The van der Waals surface area contributed by atoms with Crippen LogP contribution in [0.4, 0.5) is 5.69 Å². The zero-order valence-corrected chi connectivity index (χ0v) is 20.6. The van der Waals surface area contributed by atoms with Crippen LogP contribution in [-0.2, 0) is 10.3 Å². The molecule has 0 saturated carbocycles. The number of amides is 1. The summed E-state index contributed by atoms with van der Waals surface area (Å²) >= 11 is 0. The molecule has 1 saturated heterocycles. The van der Waals surface area contributed by atoms with Gasteiger partial charge in [-0.1, -0.05) is 52.0 Å². The van der Waals surface area contributed by atoms with E-state index in [0.717, 1.165) is 36.0 Å². The topological polar surface area (TPSA) is 111 Å². The number of fused-ring (bicyclic) bond motifs is 2. The van der Waals surface area contributed by atoms with Crippen molar-refractivity contribution in [2.75, 3.05) is 5.32 Å². The Balaban J connectivity index is 1.55. The third kappa shape index (κ3) is 4.01. The fraction of sp³-hybridized carbons (Fsp3) is 0.464. The summed E-state index contributed by atoms with van der Waals surface area (Å²) in [5.41, 5.74) is 2.98. The fourth-order valence-electron chi connectivity index (χ4n) is 5.67. The Bertz CT molecular complexity index is 1250. The van der Waals surface area contributed by atoms with Crippen molar-refractivity contribution >= 4 is 17.2 Å². The Kier molecular flexibility index (Phi) is 5.70. The molecule has 1 aromatic heterocycles. The summed E-state index contributed by atoms with van der Waals surface area (Å²) in [5.74, 6) is -0.561. The van der Waals surface area contributed by atoms with Gasteiger partial charge in [-0.3, -0.25) is 4.79 Å². The number of anilines is 1. The van der Waals surface area contributed by atoms with Gasteiger partial charge in [-0.25, -0.2) is 4.98 Å². The number of aromatic amines is 1. The normalized spacial score (nSPS) is 31.0. The predicted octanol–water partition coefficient (Wildman–Crippen LogP) is 4.92. The van der Waals surface area contributed by atoms with Gasteiger partial charge in [0.2, 0.25) is 0 Å². The molecule has 3 N–H and O–H groups in total. The number of hydrogen-bond acceptors (Lipinski definition) is 5. The number of nitrogens with zero attached hydrogens (tertiary/aromatic N) is 2. The van der Waals surface area contributed by atoms with Crippen molar-refractivity contribution in [3.63, 3.8) is 0 Å². The smallest absolute Gasteiger partial charge is 0.291 e. The van der Waals surface area contributed by atoms with Crippen LogP contribution in [0, 0.1) is 28.6 Å². The van der Waals surface area contributed by atoms with Crippen LogP contribution in [0.15, 0.2) is 42.6 Å². The molecule has 2 bridgehead atoms. The van der Waals surface area contributed by atoms with Gasteiger partial charge in [0.25, 0.3) is 5.91 Å². The molecular formula is C28H32N4O3. The summed E-state index contributed by atoms with van der Waals surface area (Å²) in [6, 6.07) is 7.78. The van der Waals surface area contributed by atoms with E-state index in [1.165, 1.54) is 6.20 Å². The number of nitrogens with one attached hydrogen (secondary N) is 2. The molecule has 3 heterocycles. The first kappa shape index (κ1) is 23.5. The molecule has 2 aromatic rings. The number of carbonyl (C=O) groups is 1. The lowest BCUT2D eigenvalue weighted by molar-refractivity contribution is -0.187. The highest BCUT2D eigenvalue weighted by molar-refractivity contribution is 6.03. The average molecular weight is 473 g/mol. The molecule has 35 heavy (non-hydrogen) atoms. The van der Waals surface area contributed by atoms with Gasteiger partial charge < -0.3 is 20.1 Å². The van der Waals surface area contributed by atoms with Crippen LogP contribution in [0.5, 0.6) is 0 Å². The summed E-state index contributed by atoms with van der Waals surface area (Å²) in [5, 5.41) is 24.1. The van der Waals surface area contributed by atoms with E-state index >= 15 is 0 Å². The van der Waals surface area contributed by atoms with Crippen LogP contribution in [-0.4, -0.2) is 33.2 Å². The van der Waals surface area contributed by atoms with Crippen molar-refractivity contribution in [1.29, 1.82) is 5.26 Å². The summed E-state index contributed by atoms with van der Waals surface area (Å²) < 4.78 is 6.07. The number of allylic oxidation sites excluding steroid dienone is 2. The average Bonchev–Trinajstić information content (AvgIpc) is 3.51. The molecule has 5 rings (SSSR count). The maximum absolute atomic E-state index is 12.9. The predicted molar refractivity (Wildman–Crippen MR) is 133 cm³/mol. The number of carbonyl (C=O) groups excluding carboxylic acids is 1.